The molecule has 2 bridgehead atoms. The van der Waals surface area contributed by atoms with Gasteiger partial charge in [-0.2, -0.15) is 0 Å². The normalized spacial score (nSPS) is 20.3. The second-order valence-electron chi connectivity index (χ2n) is 9.75. The first-order valence-electron chi connectivity index (χ1n) is 13.4. The van der Waals surface area contributed by atoms with Crippen molar-refractivity contribution in [3.8, 4) is 0 Å². The molecule has 0 radical (unpaired) electrons. The summed E-state index contributed by atoms with van der Waals surface area (Å²) in [5, 5.41) is 22.8. The molecular formula is C28H36N8O6. The van der Waals surface area contributed by atoms with E-state index in [0.29, 0.717) is 24.1 Å². The summed E-state index contributed by atoms with van der Waals surface area (Å²) < 4.78 is 0. The predicted molar refractivity (Wildman–Crippen MR) is 155 cm³/mol. The van der Waals surface area contributed by atoms with Gasteiger partial charge in [0.2, 0.25) is 23.6 Å². The second-order valence-corrected chi connectivity index (χ2v) is 9.75. The summed E-state index contributed by atoms with van der Waals surface area (Å²) in [5.74, 6) is -4.04. The lowest BCUT2D eigenvalue weighted by Gasteiger charge is -2.24. The molecule has 0 aliphatic carbocycles. The van der Waals surface area contributed by atoms with Crippen molar-refractivity contribution in [1.29, 1.82) is 0 Å². The van der Waals surface area contributed by atoms with E-state index >= 15 is 0 Å². The van der Waals surface area contributed by atoms with Gasteiger partial charge in [0, 0.05) is 25.2 Å². The summed E-state index contributed by atoms with van der Waals surface area (Å²) in [6, 6.07) is 13.0. The van der Waals surface area contributed by atoms with Crippen molar-refractivity contribution < 1.29 is 29.1 Å². The third kappa shape index (κ3) is 10.4. The lowest BCUT2D eigenvalue weighted by Crippen LogP contribution is -2.53. The maximum absolute atomic E-state index is 13.6. The minimum Gasteiger partial charge on any atom is -0.480 e. The van der Waals surface area contributed by atoms with Gasteiger partial charge in [0.25, 0.3) is 0 Å². The topological polar surface area (TPSA) is 230 Å². The average molecular weight is 581 g/mol. The first kappa shape index (κ1) is 31.4. The Balaban J connectivity index is 1.91. The number of hydrogen-bond acceptors (Lipinski definition) is 7. The summed E-state index contributed by atoms with van der Waals surface area (Å²) >= 11 is 0. The van der Waals surface area contributed by atoms with Gasteiger partial charge in [-0.15, -0.1) is 0 Å². The molecule has 1 heterocycles. The highest BCUT2D eigenvalue weighted by atomic mass is 16.4. The number of carboxylic acid groups (broad SMARTS) is 1. The van der Waals surface area contributed by atoms with Crippen LogP contribution in [-0.4, -0.2) is 71.9 Å². The molecule has 14 nitrogen and oxygen atoms in total. The zero-order chi connectivity index (χ0) is 30.5. The molecule has 1 aliphatic heterocycles. The number of nitrogens with two attached hydrogens (primary N) is 2. The van der Waals surface area contributed by atoms with Crippen LogP contribution < -0.4 is 38.1 Å². The molecule has 2 aromatic carbocycles. The Morgan fingerprint density at radius 1 is 0.857 bits per heavy atom. The molecule has 0 fully saturated rings. The predicted octanol–water partition coefficient (Wildman–Crippen LogP) is -1.05. The third-order valence-corrected chi connectivity index (χ3v) is 6.38. The summed E-state index contributed by atoms with van der Waals surface area (Å²) in [5.41, 5.74) is 12.9. The number of rotatable bonds is 7. The van der Waals surface area contributed by atoms with Crippen molar-refractivity contribution >= 4 is 41.2 Å². The van der Waals surface area contributed by atoms with E-state index in [1.54, 1.807) is 24.3 Å². The fourth-order valence-electron chi connectivity index (χ4n) is 4.27. The number of nitrogens with zero attached hydrogens (tertiary/aromatic N) is 1. The molecule has 224 valence electrons. The Labute approximate surface area is 242 Å². The van der Waals surface area contributed by atoms with E-state index < -0.39 is 60.7 Å². The molecule has 0 spiro atoms. The van der Waals surface area contributed by atoms with E-state index in [4.69, 9.17) is 11.5 Å². The number of guanidine groups is 1. The molecule has 14 heteroatoms. The van der Waals surface area contributed by atoms with Gasteiger partial charge in [-0.25, -0.2) is 4.79 Å². The maximum Gasteiger partial charge on any atom is 0.326 e. The number of aliphatic imine (C=N–C) groups is 1. The fourth-order valence-corrected chi connectivity index (χ4v) is 4.27. The molecule has 10 N–H and O–H groups in total. The van der Waals surface area contributed by atoms with Gasteiger partial charge in [0.15, 0.2) is 5.96 Å². The molecule has 0 saturated heterocycles. The first-order chi connectivity index (χ1) is 20.1. The molecule has 3 atom stereocenters. The first-order valence-corrected chi connectivity index (χ1v) is 13.4. The Morgan fingerprint density at radius 3 is 2.33 bits per heavy atom. The number of anilines is 1. The molecule has 2 aromatic rings. The number of aliphatic carboxylic acids is 1. The van der Waals surface area contributed by atoms with Gasteiger partial charge in [-0.1, -0.05) is 42.5 Å². The molecule has 42 heavy (non-hydrogen) atoms. The number of carbonyl (C=O) groups excluding carboxylic acids is 4. The molecule has 4 amide bonds. The highest BCUT2D eigenvalue weighted by Crippen LogP contribution is 2.15. The highest BCUT2D eigenvalue weighted by molar-refractivity contribution is 5.94. The molecular weight excluding hydrogens is 544 g/mol. The number of carboxylic acids is 1. The SMILES string of the molecule is NC(N)=NCCCC1NC(=O)[C@@H](Cc2ccccc2)Nc2cccc(c2)CNC(=O)C[C@@H](C(=O)O)NC(=O)CNC1=O. The highest BCUT2D eigenvalue weighted by Gasteiger charge is 2.28. The lowest BCUT2D eigenvalue weighted by molar-refractivity contribution is -0.143. The van der Waals surface area contributed by atoms with E-state index in [1.807, 2.05) is 30.3 Å². The fraction of sp³-hybridized carbons (Fsp3) is 0.357. The summed E-state index contributed by atoms with van der Waals surface area (Å²) in [4.78, 5) is 67.2. The number of hydrogen-bond donors (Lipinski definition) is 8. The number of fused-ring (bicyclic) bond motifs is 2. The van der Waals surface area contributed by atoms with Crippen LogP contribution in [0.15, 0.2) is 59.6 Å². The lowest BCUT2D eigenvalue weighted by atomic mass is 10.0. The van der Waals surface area contributed by atoms with Crippen molar-refractivity contribution in [3.63, 3.8) is 0 Å². The van der Waals surface area contributed by atoms with E-state index in [-0.39, 0.29) is 25.5 Å². The molecule has 0 saturated carbocycles. The number of amides is 4. The van der Waals surface area contributed by atoms with E-state index in [2.05, 4.69) is 31.6 Å². The minimum absolute atomic E-state index is 0.0954. The zero-order valence-corrected chi connectivity index (χ0v) is 23.0. The zero-order valence-electron chi connectivity index (χ0n) is 23.0. The standard InChI is InChI=1S/C28H36N8O6/c29-28(30)31-11-5-10-20-25(39)33-16-24(38)35-22(27(41)42)14-23(37)32-15-18-8-4-9-19(12-18)34-21(26(40)36-20)13-17-6-2-1-3-7-17/h1-4,6-9,12,20-22,34H,5,10-11,13-16H2,(H,32,37)(H,33,39)(H,35,38)(H,36,40)(H,41,42)(H4,29,30,31)/t20?,21-,22+/m1/s1. The number of benzene rings is 2. The molecule has 3 rings (SSSR count). The minimum atomic E-state index is -1.50. The summed E-state index contributed by atoms with van der Waals surface area (Å²) in [6.45, 7) is -0.262. The van der Waals surface area contributed by atoms with Crippen LogP contribution in [0.1, 0.15) is 30.4 Å². The number of carbonyl (C=O) groups is 5. The van der Waals surface area contributed by atoms with Crippen LogP contribution in [0.2, 0.25) is 0 Å². The van der Waals surface area contributed by atoms with Gasteiger partial charge in [0.05, 0.1) is 13.0 Å². The average Bonchev–Trinajstić information content (AvgIpc) is 2.95. The van der Waals surface area contributed by atoms with Gasteiger partial charge < -0.3 is 43.2 Å². The van der Waals surface area contributed by atoms with Crippen LogP contribution in [0, 0.1) is 0 Å². The van der Waals surface area contributed by atoms with Crippen LogP contribution in [0.3, 0.4) is 0 Å². The van der Waals surface area contributed by atoms with Crippen molar-refractivity contribution in [2.24, 2.45) is 16.5 Å². The smallest absolute Gasteiger partial charge is 0.326 e. The van der Waals surface area contributed by atoms with E-state index in [1.165, 1.54) is 0 Å². The Bertz CT molecular complexity index is 1300. The van der Waals surface area contributed by atoms with Crippen molar-refractivity contribution in [2.75, 3.05) is 18.4 Å². The maximum atomic E-state index is 13.6. The van der Waals surface area contributed by atoms with Crippen LogP contribution in [-0.2, 0) is 36.9 Å². The van der Waals surface area contributed by atoms with Gasteiger partial charge >= 0.3 is 5.97 Å². The largest absolute Gasteiger partial charge is 0.480 e. The Hall–Kier alpha value is -5.14. The van der Waals surface area contributed by atoms with E-state index in [0.717, 1.165) is 5.56 Å². The Kier molecular flexibility index (Phi) is 11.7. The van der Waals surface area contributed by atoms with E-state index in [9.17, 15) is 29.1 Å². The molecule has 1 aliphatic rings. The quantitative estimate of drug-likeness (QED) is 0.113. The van der Waals surface area contributed by atoms with Crippen molar-refractivity contribution in [3.05, 3.63) is 65.7 Å². The van der Waals surface area contributed by atoms with Crippen LogP contribution in [0.4, 0.5) is 5.69 Å². The molecule has 0 aromatic heterocycles. The number of nitrogens with one attached hydrogen (secondary N) is 5. The van der Waals surface area contributed by atoms with Crippen LogP contribution in [0.5, 0.6) is 0 Å². The van der Waals surface area contributed by atoms with Crippen molar-refractivity contribution in [2.45, 2.75) is 50.4 Å². The van der Waals surface area contributed by atoms with Crippen molar-refractivity contribution in [1.82, 2.24) is 21.3 Å². The van der Waals surface area contributed by atoms with Crippen LogP contribution in [0.25, 0.3) is 0 Å². The monoisotopic (exact) mass is 580 g/mol. The molecule has 1 unspecified atom stereocenters. The van der Waals surface area contributed by atoms with Crippen LogP contribution >= 0.6 is 0 Å². The second kappa shape index (κ2) is 15.6. The Morgan fingerprint density at radius 2 is 1.62 bits per heavy atom. The summed E-state index contributed by atoms with van der Waals surface area (Å²) in [6.07, 6.45) is 0.295. The third-order valence-electron chi connectivity index (χ3n) is 6.38. The van der Waals surface area contributed by atoms with Gasteiger partial charge in [-0.05, 0) is 36.1 Å². The summed E-state index contributed by atoms with van der Waals surface area (Å²) in [7, 11) is 0. The van der Waals surface area contributed by atoms with Gasteiger partial charge in [0.1, 0.15) is 18.1 Å². The van der Waals surface area contributed by atoms with Gasteiger partial charge in [-0.3, -0.25) is 24.2 Å².